The van der Waals surface area contributed by atoms with Crippen LogP contribution in [0.15, 0.2) is 92.6 Å². The highest BCUT2D eigenvalue weighted by Crippen LogP contribution is 2.29. The summed E-state index contributed by atoms with van der Waals surface area (Å²) in [4.78, 5) is 13.3. The van der Waals surface area contributed by atoms with E-state index in [0.717, 1.165) is 26.9 Å². The molecular formula is C23H19BrN4O. The zero-order valence-electron chi connectivity index (χ0n) is 16.1. The first-order valence-electron chi connectivity index (χ1n) is 9.24. The number of azo groups is 1. The fraction of sp³-hybridized carbons (Fsp3) is 0.130. The van der Waals surface area contributed by atoms with Crippen molar-refractivity contribution in [2.24, 2.45) is 15.3 Å². The Morgan fingerprint density at radius 1 is 0.966 bits per heavy atom. The van der Waals surface area contributed by atoms with Crippen molar-refractivity contribution in [1.82, 2.24) is 0 Å². The van der Waals surface area contributed by atoms with Gasteiger partial charge in [-0.15, -0.1) is 0 Å². The van der Waals surface area contributed by atoms with E-state index in [1.807, 2.05) is 86.6 Å². The van der Waals surface area contributed by atoms with Gasteiger partial charge in [-0.05, 0) is 49.7 Å². The molecular weight excluding hydrogens is 428 g/mol. The van der Waals surface area contributed by atoms with Gasteiger partial charge in [0.1, 0.15) is 5.71 Å². The molecule has 3 aromatic rings. The highest BCUT2D eigenvalue weighted by Gasteiger charge is 2.38. The number of hydrogen-bond acceptors (Lipinski definition) is 4. The third-order valence-corrected chi connectivity index (χ3v) is 5.20. The molecule has 1 unspecified atom stereocenters. The van der Waals surface area contributed by atoms with Gasteiger partial charge in [-0.2, -0.15) is 20.3 Å². The number of carbonyl (C=O) groups is 1. The number of carbonyl (C=O) groups excluding carboxylic acids is 1. The predicted molar refractivity (Wildman–Crippen MR) is 119 cm³/mol. The molecule has 0 aliphatic carbocycles. The number of anilines is 1. The average Bonchev–Trinajstić information content (AvgIpc) is 3.04. The van der Waals surface area contributed by atoms with Gasteiger partial charge in [0.25, 0.3) is 5.91 Å². The molecule has 1 aliphatic heterocycles. The van der Waals surface area contributed by atoms with E-state index in [-0.39, 0.29) is 5.91 Å². The van der Waals surface area contributed by atoms with Crippen LogP contribution in [0.1, 0.15) is 16.7 Å². The van der Waals surface area contributed by atoms with E-state index in [1.165, 1.54) is 5.01 Å². The lowest BCUT2D eigenvalue weighted by molar-refractivity contribution is -0.117. The van der Waals surface area contributed by atoms with Gasteiger partial charge in [0, 0.05) is 10.0 Å². The first-order valence-corrected chi connectivity index (χ1v) is 10.0. The van der Waals surface area contributed by atoms with E-state index in [2.05, 4.69) is 31.3 Å². The Labute approximate surface area is 177 Å². The number of halogens is 1. The summed E-state index contributed by atoms with van der Waals surface area (Å²) in [6.45, 7) is 4.00. The molecule has 0 bridgehead atoms. The molecule has 29 heavy (non-hydrogen) atoms. The topological polar surface area (TPSA) is 57.4 Å². The molecule has 1 atom stereocenters. The lowest BCUT2D eigenvalue weighted by atomic mass is 10.0. The van der Waals surface area contributed by atoms with E-state index in [1.54, 1.807) is 0 Å². The Morgan fingerprint density at radius 3 is 2.38 bits per heavy atom. The molecule has 5 nitrogen and oxygen atoms in total. The van der Waals surface area contributed by atoms with Crippen LogP contribution in [0.4, 0.5) is 11.4 Å². The molecule has 0 radical (unpaired) electrons. The Morgan fingerprint density at radius 2 is 1.69 bits per heavy atom. The summed E-state index contributed by atoms with van der Waals surface area (Å²) >= 11 is 3.41. The van der Waals surface area contributed by atoms with Crippen molar-refractivity contribution in [1.29, 1.82) is 0 Å². The number of rotatable bonds is 4. The molecule has 144 valence electrons. The average molecular weight is 447 g/mol. The van der Waals surface area contributed by atoms with E-state index in [9.17, 15) is 4.79 Å². The maximum Gasteiger partial charge on any atom is 0.280 e. The minimum absolute atomic E-state index is 0.211. The van der Waals surface area contributed by atoms with Gasteiger partial charge >= 0.3 is 0 Å². The van der Waals surface area contributed by atoms with E-state index in [4.69, 9.17) is 0 Å². The van der Waals surface area contributed by atoms with Gasteiger partial charge in [-0.3, -0.25) is 4.79 Å². The quantitative estimate of drug-likeness (QED) is 0.455. The first kappa shape index (κ1) is 19.2. The zero-order valence-corrected chi connectivity index (χ0v) is 17.7. The molecule has 0 fully saturated rings. The van der Waals surface area contributed by atoms with Crippen LogP contribution < -0.4 is 5.01 Å². The van der Waals surface area contributed by atoms with Crippen LogP contribution in [-0.2, 0) is 4.79 Å². The van der Waals surface area contributed by atoms with Crippen molar-refractivity contribution in [3.63, 3.8) is 0 Å². The van der Waals surface area contributed by atoms with Crippen molar-refractivity contribution >= 4 is 38.9 Å². The van der Waals surface area contributed by atoms with Crippen molar-refractivity contribution in [3.8, 4) is 0 Å². The summed E-state index contributed by atoms with van der Waals surface area (Å²) in [5, 5.41) is 14.8. The number of benzene rings is 3. The molecule has 6 heteroatoms. The van der Waals surface area contributed by atoms with Crippen molar-refractivity contribution in [3.05, 3.63) is 94.0 Å². The predicted octanol–water partition coefficient (Wildman–Crippen LogP) is 5.97. The fourth-order valence-corrected chi connectivity index (χ4v) is 3.49. The number of hydrogen-bond donors (Lipinski definition) is 0. The van der Waals surface area contributed by atoms with E-state index in [0.29, 0.717) is 11.4 Å². The third kappa shape index (κ3) is 4.03. The second kappa shape index (κ2) is 8.09. The lowest BCUT2D eigenvalue weighted by Gasteiger charge is -2.15. The standard InChI is InChI=1S/C23H19BrN4O/c1-15-8-13-20(16(2)14-15)28-23(29)22(21(27-28)17-6-4-3-5-7-17)26-25-19-11-9-18(24)10-12-19/h3-14,22H,1-2H3. The first-order chi connectivity index (χ1) is 14.0. The maximum absolute atomic E-state index is 13.3. The normalized spacial score (nSPS) is 16.5. The van der Waals surface area contributed by atoms with Crippen molar-refractivity contribution < 1.29 is 4.79 Å². The molecule has 3 aromatic carbocycles. The molecule has 0 aromatic heterocycles. The molecule has 0 N–H and O–H groups in total. The number of amides is 1. The van der Waals surface area contributed by atoms with Gasteiger partial charge in [-0.25, -0.2) is 0 Å². The summed E-state index contributed by atoms with van der Waals surface area (Å²) < 4.78 is 0.959. The summed E-state index contributed by atoms with van der Waals surface area (Å²) in [5.41, 5.74) is 5.01. The molecule has 4 rings (SSSR count). The molecule has 1 amide bonds. The highest BCUT2D eigenvalue weighted by molar-refractivity contribution is 9.10. The SMILES string of the molecule is Cc1ccc(N2N=C(c3ccccc3)C(N=Nc3ccc(Br)cc3)C2=O)c(C)c1. The van der Waals surface area contributed by atoms with Crippen LogP contribution in [0, 0.1) is 13.8 Å². The Hall–Kier alpha value is -3.12. The molecule has 0 saturated heterocycles. The van der Waals surface area contributed by atoms with E-state index >= 15 is 0 Å². The summed E-state index contributed by atoms with van der Waals surface area (Å²) in [6.07, 6.45) is 0. The smallest absolute Gasteiger partial charge is 0.269 e. The highest BCUT2D eigenvalue weighted by atomic mass is 79.9. The van der Waals surface area contributed by atoms with Crippen LogP contribution in [0.2, 0.25) is 0 Å². The largest absolute Gasteiger partial charge is 0.280 e. The Balaban J connectivity index is 1.74. The van der Waals surface area contributed by atoms with Gasteiger partial charge in [0.05, 0.1) is 11.4 Å². The van der Waals surface area contributed by atoms with Crippen LogP contribution in [0.5, 0.6) is 0 Å². The number of aryl methyl sites for hydroxylation is 2. The Bertz CT molecular complexity index is 1110. The van der Waals surface area contributed by atoms with E-state index < -0.39 is 6.04 Å². The molecule has 1 aliphatic rings. The van der Waals surface area contributed by atoms with Gasteiger partial charge in [-0.1, -0.05) is 64.0 Å². The van der Waals surface area contributed by atoms with Gasteiger partial charge in [0.15, 0.2) is 6.04 Å². The summed E-state index contributed by atoms with van der Waals surface area (Å²) in [5.74, 6) is -0.211. The van der Waals surface area contributed by atoms with Crippen molar-refractivity contribution in [2.45, 2.75) is 19.9 Å². The summed E-state index contributed by atoms with van der Waals surface area (Å²) in [7, 11) is 0. The summed E-state index contributed by atoms with van der Waals surface area (Å²) in [6, 6.07) is 22.2. The van der Waals surface area contributed by atoms with Crippen LogP contribution >= 0.6 is 15.9 Å². The molecule has 0 saturated carbocycles. The minimum Gasteiger partial charge on any atom is -0.269 e. The van der Waals surface area contributed by atoms with Crippen LogP contribution in [0.3, 0.4) is 0 Å². The second-order valence-electron chi connectivity index (χ2n) is 6.89. The van der Waals surface area contributed by atoms with Crippen LogP contribution in [-0.4, -0.2) is 17.7 Å². The fourth-order valence-electron chi connectivity index (χ4n) is 3.22. The molecule has 1 heterocycles. The minimum atomic E-state index is -0.790. The monoisotopic (exact) mass is 446 g/mol. The van der Waals surface area contributed by atoms with Crippen molar-refractivity contribution in [2.75, 3.05) is 5.01 Å². The maximum atomic E-state index is 13.3. The zero-order chi connectivity index (χ0) is 20.4. The molecule has 0 spiro atoms. The van der Waals surface area contributed by atoms with Gasteiger partial charge in [0.2, 0.25) is 0 Å². The van der Waals surface area contributed by atoms with Gasteiger partial charge < -0.3 is 0 Å². The third-order valence-electron chi connectivity index (χ3n) is 4.67. The second-order valence-corrected chi connectivity index (χ2v) is 7.80. The lowest BCUT2D eigenvalue weighted by Crippen LogP contribution is -2.31. The van der Waals surface area contributed by atoms with Crippen LogP contribution in [0.25, 0.3) is 0 Å². The number of hydrazone groups is 1. The Kier molecular flexibility index (Phi) is 5.36. The number of nitrogens with zero attached hydrogens (tertiary/aromatic N) is 4.